The first-order valence-electron chi connectivity index (χ1n) is 11.3. The Morgan fingerprint density at radius 2 is 1.76 bits per heavy atom. The maximum absolute atomic E-state index is 5.45. The van der Waals surface area contributed by atoms with Crippen molar-refractivity contribution in [2.45, 2.75) is 26.3 Å². The van der Waals surface area contributed by atoms with E-state index in [4.69, 9.17) is 4.74 Å². The van der Waals surface area contributed by atoms with Crippen LogP contribution in [0.15, 0.2) is 35.3 Å². The van der Waals surface area contributed by atoms with Gasteiger partial charge in [0.05, 0.1) is 13.2 Å². The number of rotatable bonds is 7. The van der Waals surface area contributed by atoms with Gasteiger partial charge in [-0.25, -0.2) is 0 Å². The van der Waals surface area contributed by atoms with Gasteiger partial charge in [0.1, 0.15) is 0 Å². The van der Waals surface area contributed by atoms with Crippen LogP contribution in [0, 0.1) is 5.92 Å². The molecule has 6 nitrogen and oxygen atoms in total. The van der Waals surface area contributed by atoms with Crippen LogP contribution in [-0.2, 0) is 4.74 Å². The van der Waals surface area contributed by atoms with Crippen molar-refractivity contribution in [1.29, 1.82) is 0 Å². The Hall–Kier alpha value is -1.63. The standard InChI is InChI=1S/C23H39N5O/c1-4-22(21-8-6-5-7-9-21)27-10-12-28(13-11-27)23(24-3)25-18-20(2)19-26-14-16-29-17-15-26/h5-9,20,22H,4,10-19H2,1-3H3,(H,24,25). The monoisotopic (exact) mass is 401 g/mol. The Morgan fingerprint density at radius 3 is 2.38 bits per heavy atom. The number of piperazine rings is 1. The highest BCUT2D eigenvalue weighted by Crippen LogP contribution is 2.25. The van der Waals surface area contributed by atoms with Crippen molar-refractivity contribution in [3.05, 3.63) is 35.9 Å². The van der Waals surface area contributed by atoms with E-state index in [0.717, 1.165) is 78.0 Å². The average molecular weight is 402 g/mol. The summed E-state index contributed by atoms with van der Waals surface area (Å²) in [6.07, 6.45) is 1.15. The Labute approximate surface area is 176 Å². The fraction of sp³-hybridized carbons (Fsp3) is 0.696. The molecule has 0 radical (unpaired) electrons. The van der Waals surface area contributed by atoms with Crippen LogP contribution in [0.2, 0.25) is 0 Å². The molecule has 0 bridgehead atoms. The lowest BCUT2D eigenvalue weighted by Gasteiger charge is -2.40. The second-order valence-corrected chi connectivity index (χ2v) is 8.30. The highest BCUT2D eigenvalue weighted by atomic mass is 16.5. The molecule has 2 aliphatic heterocycles. The van der Waals surface area contributed by atoms with Crippen LogP contribution in [0.5, 0.6) is 0 Å². The number of hydrogen-bond acceptors (Lipinski definition) is 4. The van der Waals surface area contributed by atoms with Crippen molar-refractivity contribution < 1.29 is 4.74 Å². The summed E-state index contributed by atoms with van der Waals surface area (Å²) < 4.78 is 5.45. The van der Waals surface area contributed by atoms with E-state index in [0.29, 0.717) is 12.0 Å². The first-order valence-corrected chi connectivity index (χ1v) is 11.3. The molecule has 29 heavy (non-hydrogen) atoms. The van der Waals surface area contributed by atoms with Gasteiger partial charge in [-0.1, -0.05) is 44.2 Å². The number of benzene rings is 1. The van der Waals surface area contributed by atoms with Gasteiger partial charge in [-0.05, 0) is 17.9 Å². The quantitative estimate of drug-likeness (QED) is 0.561. The highest BCUT2D eigenvalue weighted by Gasteiger charge is 2.25. The van der Waals surface area contributed by atoms with Gasteiger partial charge in [0.25, 0.3) is 0 Å². The molecule has 6 heteroatoms. The number of hydrogen-bond donors (Lipinski definition) is 1. The normalized spacial score (nSPS) is 21.8. The van der Waals surface area contributed by atoms with Crippen molar-refractivity contribution in [3.63, 3.8) is 0 Å². The molecule has 2 saturated heterocycles. The van der Waals surface area contributed by atoms with E-state index < -0.39 is 0 Å². The zero-order valence-electron chi connectivity index (χ0n) is 18.5. The molecule has 0 saturated carbocycles. The van der Waals surface area contributed by atoms with E-state index in [1.54, 1.807) is 0 Å². The summed E-state index contributed by atoms with van der Waals surface area (Å²) in [5, 5.41) is 3.62. The summed E-state index contributed by atoms with van der Waals surface area (Å²) >= 11 is 0. The van der Waals surface area contributed by atoms with Crippen LogP contribution >= 0.6 is 0 Å². The van der Waals surface area contributed by atoms with E-state index in [-0.39, 0.29) is 0 Å². The first-order chi connectivity index (χ1) is 14.2. The number of ether oxygens (including phenoxy) is 1. The predicted octanol–water partition coefficient (Wildman–Crippen LogP) is 2.30. The van der Waals surface area contributed by atoms with E-state index in [1.807, 2.05) is 7.05 Å². The number of nitrogens with one attached hydrogen (secondary N) is 1. The van der Waals surface area contributed by atoms with Gasteiger partial charge in [0.15, 0.2) is 5.96 Å². The van der Waals surface area contributed by atoms with E-state index in [1.165, 1.54) is 5.56 Å². The lowest BCUT2D eigenvalue weighted by Crippen LogP contribution is -2.53. The third-order valence-corrected chi connectivity index (χ3v) is 6.12. The number of guanidine groups is 1. The second kappa shape index (κ2) is 11.5. The molecule has 1 aromatic carbocycles. The average Bonchev–Trinajstić information content (AvgIpc) is 2.77. The summed E-state index contributed by atoms with van der Waals surface area (Å²) in [5.74, 6) is 1.64. The van der Waals surface area contributed by atoms with E-state index >= 15 is 0 Å². The van der Waals surface area contributed by atoms with Crippen LogP contribution in [-0.4, -0.2) is 93.3 Å². The maximum Gasteiger partial charge on any atom is 0.193 e. The number of morpholine rings is 1. The smallest absolute Gasteiger partial charge is 0.193 e. The zero-order chi connectivity index (χ0) is 20.5. The minimum Gasteiger partial charge on any atom is -0.379 e. The van der Waals surface area contributed by atoms with Gasteiger partial charge in [0.2, 0.25) is 0 Å². The van der Waals surface area contributed by atoms with Crippen LogP contribution in [0.4, 0.5) is 0 Å². The third kappa shape index (κ3) is 6.43. The molecule has 1 aromatic rings. The van der Waals surface area contributed by atoms with Gasteiger partial charge in [0, 0.05) is 65.4 Å². The largest absolute Gasteiger partial charge is 0.379 e. The molecule has 0 aliphatic carbocycles. The first kappa shape index (κ1) is 22.1. The summed E-state index contributed by atoms with van der Waals surface area (Å²) in [7, 11) is 1.90. The van der Waals surface area contributed by atoms with Gasteiger partial charge in [-0.3, -0.25) is 14.8 Å². The summed E-state index contributed by atoms with van der Waals surface area (Å²) in [4.78, 5) is 12.1. The summed E-state index contributed by atoms with van der Waals surface area (Å²) in [5.41, 5.74) is 1.43. The van der Waals surface area contributed by atoms with E-state index in [2.05, 4.69) is 69.2 Å². The molecule has 0 amide bonds. The zero-order valence-corrected chi connectivity index (χ0v) is 18.5. The van der Waals surface area contributed by atoms with Crippen molar-refractivity contribution in [1.82, 2.24) is 20.0 Å². The third-order valence-electron chi connectivity index (χ3n) is 6.12. The molecule has 2 heterocycles. The minimum atomic E-state index is 0.516. The topological polar surface area (TPSA) is 43.3 Å². The molecule has 3 rings (SSSR count). The van der Waals surface area contributed by atoms with Crippen LogP contribution in [0.1, 0.15) is 31.9 Å². The molecule has 0 aromatic heterocycles. The van der Waals surface area contributed by atoms with Gasteiger partial charge in [-0.2, -0.15) is 0 Å². The Morgan fingerprint density at radius 1 is 1.07 bits per heavy atom. The Bertz CT molecular complexity index is 609. The van der Waals surface area contributed by atoms with Crippen LogP contribution in [0.25, 0.3) is 0 Å². The fourth-order valence-corrected chi connectivity index (χ4v) is 4.51. The highest BCUT2D eigenvalue weighted by molar-refractivity contribution is 5.80. The van der Waals surface area contributed by atoms with Crippen molar-refractivity contribution >= 4 is 5.96 Å². The second-order valence-electron chi connectivity index (χ2n) is 8.30. The lowest BCUT2D eigenvalue weighted by atomic mass is 10.0. The van der Waals surface area contributed by atoms with Gasteiger partial charge >= 0.3 is 0 Å². The van der Waals surface area contributed by atoms with Crippen molar-refractivity contribution in [2.24, 2.45) is 10.9 Å². The van der Waals surface area contributed by atoms with E-state index in [9.17, 15) is 0 Å². The summed E-state index contributed by atoms with van der Waals surface area (Å²) in [6, 6.07) is 11.4. The molecule has 162 valence electrons. The molecular formula is C23H39N5O. The number of nitrogens with zero attached hydrogens (tertiary/aromatic N) is 4. The molecule has 2 atom stereocenters. The molecule has 0 spiro atoms. The van der Waals surface area contributed by atoms with Gasteiger partial charge in [-0.15, -0.1) is 0 Å². The molecule has 2 unspecified atom stereocenters. The maximum atomic E-state index is 5.45. The lowest BCUT2D eigenvalue weighted by molar-refractivity contribution is 0.0320. The Kier molecular flexibility index (Phi) is 8.77. The van der Waals surface area contributed by atoms with Crippen molar-refractivity contribution in [2.75, 3.05) is 72.6 Å². The van der Waals surface area contributed by atoms with Gasteiger partial charge < -0.3 is 15.0 Å². The summed E-state index contributed by atoms with van der Waals surface area (Å²) in [6.45, 7) is 14.8. The molecular weight excluding hydrogens is 362 g/mol. The SMILES string of the molecule is CCC(c1ccccc1)N1CCN(C(=NC)NCC(C)CN2CCOCC2)CC1. The fourth-order valence-electron chi connectivity index (χ4n) is 4.51. The van der Waals surface area contributed by atoms with Crippen LogP contribution < -0.4 is 5.32 Å². The molecule has 2 aliphatic rings. The Balaban J connectivity index is 1.44. The minimum absolute atomic E-state index is 0.516. The number of aliphatic imine (C=N–C) groups is 1. The molecule has 2 fully saturated rings. The van der Waals surface area contributed by atoms with Crippen molar-refractivity contribution in [3.8, 4) is 0 Å². The van der Waals surface area contributed by atoms with Crippen LogP contribution in [0.3, 0.4) is 0 Å². The molecule has 1 N–H and O–H groups in total. The predicted molar refractivity (Wildman–Crippen MR) is 120 cm³/mol.